The van der Waals surface area contributed by atoms with Gasteiger partial charge >= 0.3 is 5.97 Å². The first kappa shape index (κ1) is 14.7. The molecule has 19 heavy (non-hydrogen) atoms. The number of nitrogens with one attached hydrogen (secondary N) is 1. The van der Waals surface area contributed by atoms with E-state index in [1.807, 2.05) is 0 Å². The van der Waals surface area contributed by atoms with Gasteiger partial charge in [0, 0.05) is 12.6 Å². The minimum absolute atomic E-state index is 0.144. The molecule has 1 N–H and O–H groups in total. The Morgan fingerprint density at radius 2 is 2.32 bits per heavy atom. The third-order valence-corrected chi connectivity index (χ3v) is 2.37. The van der Waals surface area contributed by atoms with Gasteiger partial charge in [-0.2, -0.15) is 0 Å². The van der Waals surface area contributed by atoms with E-state index < -0.39 is 10.9 Å². The Morgan fingerprint density at radius 1 is 1.58 bits per heavy atom. The Labute approximate surface area is 111 Å². The number of carbonyl (C=O) groups is 1. The van der Waals surface area contributed by atoms with Crippen molar-refractivity contribution in [1.29, 1.82) is 0 Å². The molecule has 102 valence electrons. The highest BCUT2D eigenvalue weighted by Gasteiger charge is 2.17. The largest absolute Gasteiger partial charge is 0.462 e. The number of anilines is 1. The van der Waals surface area contributed by atoms with Crippen molar-refractivity contribution in [2.75, 3.05) is 18.5 Å². The number of nitro groups is 1. The summed E-state index contributed by atoms with van der Waals surface area (Å²) in [7, 11) is 0. The molecule has 0 bridgehead atoms. The van der Waals surface area contributed by atoms with Gasteiger partial charge in [-0.15, -0.1) is 6.58 Å². The van der Waals surface area contributed by atoms with E-state index in [1.54, 1.807) is 13.0 Å². The van der Waals surface area contributed by atoms with Crippen molar-refractivity contribution in [2.24, 2.45) is 0 Å². The number of ether oxygens (including phenoxy) is 1. The summed E-state index contributed by atoms with van der Waals surface area (Å²) >= 11 is 0. The molecular formula is C13H16N2O4. The molecule has 0 aliphatic rings. The van der Waals surface area contributed by atoms with E-state index in [0.29, 0.717) is 18.7 Å². The molecule has 1 rings (SSSR count). The van der Waals surface area contributed by atoms with Crippen molar-refractivity contribution in [1.82, 2.24) is 0 Å². The number of hydrogen-bond donors (Lipinski definition) is 1. The quantitative estimate of drug-likeness (QED) is 0.269. The molecule has 0 atom stereocenters. The monoisotopic (exact) mass is 264 g/mol. The van der Waals surface area contributed by atoms with E-state index in [9.17, 15) is 14.9 Å². The first-order valence-electron chi connectivity index (χ1n) is 5.90. The van der Waals surface area contributed by atoms with Crippen LogP contribution in [-0.4, -0.2) is 24.0 Å². The van der Waals surface area contributed by atoms with Crippen molar-refractivity contribution < 1.29 is 14.5 Å². The maximum absolute atomic E-state index is 11.5. The van der Waals surface area contributed by atoms with E-state index in [-0.39, 0.29) is 17.9 Å². The van der Waals surface area contributed by atoms with Gasteiger partial charge in [-0.3, -0.25) is 10.1 Å². The van der Waals surface area contributed by atoms with Crippen molar-refractivity contribution in [3.05, 3.63) is 46.5 Å². The molecule has 0 aliphatic carbocycles. The number of rotatable bonds is 7. The summed E-state index contributed by atoms with van der Waals surface area (Å²) < 4.78 is 4.81. The second-order valence-corrected chi connectivity index (χ2v) is 3.71. The normalized spacial score (nSPS) is 9.74. The SMILES string of the molecule is C=CCCNc1ccc(C(=O)OCC)cc1[N+](=O)[O-]. The van der Waals surface area contributed by atoms with Gasteiger partial charge < -0.3 is 10.1 Å². The average molecular weight is 264 g/mol. The van der Waals surface area contributed by atoms with E-state index in [1.165, 1.54) is 18.2 Å². The summed E-state index contributed by atoms with van der Waals surface area (Å²) in [5, 5.41) is 13.9. The van der Waals surface area contributed by atoms with Crippen LogP contribution in [0.2, 0.25) is 0 Å². The third-order valence-electron chi connectivity index (χ3n) is 2.37. The van der Waals surface area contributed by atoms with Gasteiger partial charge in [0.15, 0.2) is 0 Å². The summed E-state index contributed by atoms with van der Waals surface area (Å²) in [4.78, 5) is 22.0. The summed E-state index contributed by atoms with van der Waals surface area (Å²) in [6.45, 7) is 6.02. The number of nitro benzene ring substituents is 1. The van der Waals surface area contributed by atoms with E-state index in [2.05, 4.69) is 11.9 Å². The second-order valence-electron chi connectivity index (χ2n) is 3.71. The fraction of sp³-hybridized carbons (Fsp3) is 0.308. The first-order chi connectivity index (χ1) is 9.10. The minimum atomic E-state index is -0.566. The number of carbonyl (C=O) groups excluding carboxylic acids is 1. The van der Waals surface area contributed by atoms with Crippen molar-refractivity contribution >= 4 is 17.3 Å². The number of nitrogens with zero attached hydrogens (tertiary/aromatic N) is 1. The van der Waals surface area contributed by atoms with Crippen LogP contribution in [0.3, 0.4) is 0 Å². The molecule has 0 amide bonds. The van der Waals surface area contributed by atoms with Crippen molar-refractivity contribution in [3.8, 4) is 0 Å². The molecule has 1 aromatic rings. The average Bonchev–Trinajstić information content (AvgIpc) is 2.39. The smallest absolute Gasteiger partial charge is 0.338 e. The van der Waals surface area contributed by atoms with Gasteiger partial charge in [0.25, 0.3) is 5.69 Å². The standard InChI is InChI=1S/C13H16N2O4/c1-3-5-8-14-11-7-6-10(13(16)19-4-2)9-12(11)15(17)18/h3,6-7,9,14H,1,4-5,8H2,2H3. The van der Waals surface area contributed by atoms with Crippen LogP contribution in [0.25, 0.3) is 0 Å². The molecular weight excluding hydrogens is 248 g/mol. The maximum Gasteiger partial charge on any atom is 0.338 e. The molecule has 0 aliphatic heterocycles. The topological polar surface area (TPSA) is 81.5 Å². The van der Waals surface area contributed by atoms with Gasteiger partial charge in [-0.05, 0) is 25.5 Å². The highest BCUT2D eigenvalue weighted by Crippen LogP contribution is 2.25. The zero-order valence-corrected chi connectivity index (χ0v) is 10.7. The summed E-state index contributed by atoms with van der Waals surface area (Å²) in [5.74, 6) is -0.566. The lowest BCUT2D eigenvalue weighted by Gasteiger charge is -2.07. The summed E-state index contributed by atoms with van der Waals surface area (Å²) in [6, 6.07) is 4.23. The zero-order chi connectivity index (χ0) is 14.3. The van der Waals surface area contributed by atoms with Crippen LogP contribution >= 0.6 is 0 Å². The Bertz CT molecular complexity index is 486. The fourth-order valence-corrected chi connectivity index (χ4v) is 1.48. The highest BCUT2D eigenvalue weighted by molar-refractivity contribution is 5.91. The van der Waals surface area contributed by atoms with E-state index in [4.69, 9.17) is 4.74 Å². The molecule has 0 saturated carbocycles. The maximum atomic E-state index is 11.5. The molecule has 0 heterocycles. The van der Waals surface area contributed by atoms with Gasteiger partial charge in [0.2, 0.25) is 0 Å². The predicted molar refractivity (Wildman–Crippen MR) is 72.4 cm³/mol. The third kappa shape index (κ3) is 4.09. The molecule has 0 fully saturated rings. The molecule has 1 aromatic carbocycles. The summed E-state index contributed by atoms with van der Waals surface area (Å²) in [5.41, 5.74) is 0.400. The van der Waals surface area contributed by atoms with Crippen molar-refractivity contribution in [2.45, 2.75) is 13.3 Å². The molecule has 6 heteroatoms. The van der Waals surface area contributed by atoms with Crippen LogP contribution in [0.1, 0.15) is 23.7 Å². The van der Waals surface area contributed by atoms with Gasteiger partial charge in [0.1, 0.15) is 5.69 Å². The van der Waals surface area contributed by atoms with Crippen LogP contribution in [0.4, 0.5) is 11.4 Å². The summed E-state index contributed by atoms with van der Waals surface area (Å²) in [6.07, 6.45) is 2.41. The Kier molecular flexibility index (Phi) is 5.53. The zero-order valence-electron chi connectivity index (χ0n) is 10.7. The van der Waals surface area contributed by atoms with E-state index >= 15 is 0 Å². The Morgan fingerprint density at radius 3 is 2.89 bits per heavy atom. The Balaban J connectivity index is 2.97. The van der Waals surface area contributed by atoms with Crippen LogP contribution in [0.15, 0.2) is 30.9 Å². The van der Waals surface area contributed by atoms with Crippen LogP contribution < -0.4 is 5.32 Å². The lowest BCUT2D eigenvalue weighted by Crippen LogP contribution is -2.08. The van der Waals surface area contributed by atoms with Crippen molar-refractivity contribution in [3.63, 3.8) is 0 Å². The fourth-order valence-electron chi connectivity index (χ4n) is 1.48. The lowest BCUT2D eigenvalue weighted by molar-refractivity contribution is -0.384. The Hall–Kier alpha value is -2.37. The number of benzene rings is 1. The molecule has 0 radical (unpaired) electrons. The van der Waals surface area contributed by atoms with Gasteiger partial charge in [-0.25, -0.2) is 4.79 Å². The van der Waals surface area contributed by atoms with E-state index in [0.717, 1.165) is 0 Å². The van der Waals surface area contributed by atoms with Gasteiger partial charge in [-0.1, -0.05) is 6.08 Å². The van der Waals surface area contributed by atoms with Crippen LogP contribution in [0, 0.1) is 10.1 Å². The molecule has 6 nitrogen and oxygen atoms in total. The molecule has 0 unspecified atom stereocenters. The predicted octanol–water partition coefficient (Wildman–Crippen LogP) is 2.76. The highest BCUT2D eigenvalue weighted by atomic mass is 16.6. The second kappa shape index (κ2) is 7.15. The van der Waals surface area contributed by atoms with Crippen LogP contribution in [-0.2, 0) is 4.74 Å². The lowest BCUT2D eigenvalue weighted by atomic mass is 10.1. The van der Waals surface area contributed by atoms with Crippen LogP contribution in [0.5, 0.6) is 0 Å². The van der Waals surface area contributed by atoms with Gasteiger partial charge in [0.05, 0.1) is 17.1 Å². The minimum Gasteiger partial charge on any atom is -0.462 e. The molecule has 0 spiro atoms. The number of hydrogen-bond acceptors (Lipinski definition) is 5. The number of esters is 1. The molecule has 0 aromatic heterocycles. The molecule has 0 saturated heterocycles. The first-order valence-corrected chi connectivity index (χ1v) is 5.90.